The molecule has 1 aliphatic rings. The fraction of sp³-hybridized carbons (Fsp3) is 0.333. The van der Waals surface area contributed by atoms with Gasteiger partial charge in [-0.3, -0.25) is 4.79 Å². The number of amides is 1. The molecule has 0 aliphatic heterocycles. The highest BCUT2D eigenvalue weighted by Gasteiger charge is 2.54. The van der Waals surface area contributed by atoms with Gasteiger partial charge in [-0.2, -0.15) is 0 Å². The van der Waals surface area contributed by atoms with Crippen LogP contribution in [-0.2, 0) is 4.79 Å². The summed E-state index contributed by atoms with van der Waals surface area (Å²) in [6.07, 6.45) is 1.16. The molecule has 5 nitrogen and oxygen atoms in total. The summed E-state index contributed by atoms with van der Waals surface area (Å²) in [5, 5.41) is 14.8. The zero-order valence-electron chi connectivity index (χ0n) is 9.90. The SMILES string of the molecule is Cc1ccc(Cl)c(NC(=O)C2(/C(N)=N/O)CC2)c1. The second-order valence-electron chi connectivity index (χ2n) is 4.50. The van der Waals surface area contributed by atoms with Gasteiger partial charge in [-0.1, -0.05) is 22.8 Å². The second-order valence-corrected chi connectivity index (χ2v) is 4.91. The number of halogens is 1. The Labute approximate surface area is 110 Å². The Kier molecular flexibility index (Phi) is 3.17. The van der Waals surface area contributed by atoms with E-state index in [1.165, 1.54) is 0 Å². The number of anilines is 1. The van der Waals surface area contributed by atoms with Crippen molar-refractivity contribution in [2.45, 2.75) is 19.8 Å². The minimum atomic E-state index is -0.873. The third-order valence-electron chi connectivity index (χ3n) is 3.15. The molecule has 18 heavy (non-hydrogen) atoms. The maximum absolute atomic E-state index is 12.1. The molecule has 0 atom stereocenters. The molecule has 1 aromatic carbocycles. The van der Waals surface area contributed by atoms with Gasteiger partial charge in [0.15, 0.2) is 5.84 Å². The fourth-order valence-corrected chi connectivity index (χ4v) is 1.96. The number of nitrogens with one attached hydrogen (secondary N) is 1. The van der Waals surface area contributed by atoms with Gasteiger partial charge >= 0.3 is 0 Å². The predicted octanol–water partition coefficient (Wildman–Crippen LogP) is 2.11. The number of carbonyl (C=O) groups is 1. The van der Waals surface area contributed by atoms with E-state index in [1.807, 2.05) is 13.0 Å². The molecule has 0 spiro atoms. The van der Waals surface area contributed by atoms with Crippen LogP contribution < -0.4 is 11.1 Å². The van der Waals surface area contributed by atoms with Crippen molar-refractivity contribution in [3.63, 3.8) is 0 Å². The van der Waals surface area contributed by atoms with Crippen molar-refractivity contribution in [1.29, 1.82) is 0 Å². The zero-order chi connectivity index (χ0) is 13.3. The number of amidine groups is 1. The molecule has 4 N–H and O–H groups in total. The maximum atomic E-state index is 12.1. The Hall–Kier alpha value is -1.75. The van der Waals surface area contributed by atoms with Gasteiger partial charge in [0.05, 0.1) is 10.7 Å². The van der Waals surface area contributed by atoms with Crippen LogP contribution in [0.25, 0.3) is 0 Å². The molecule has 1 amide bonds. The highest BCUT2D eigenvalue weighted by Crippen LogP contribution is 2.47. The van der Waals surface area contributed by atoms with Crippen molar-refractivity contribution in [2.24, 2.45) is 16.3 Å². The first-order valence-corrected chi connectivity index (χ1v) is 5.93. The summed E-state index contributed by atoms with van der Waals surface area (Å²) in [5.74, 6) is -0.339. The average molecular weight is 268 g/mol. The first kappa shape index (κ1) is 12.7. The molecule has 6 heteroatoms. The molecule has 0 heterocycles. The number of nitrogens with zero attached hydrogens (tertiary/aromatic N) is 1. The quantitative estimate of drug-likeness (QED) is 0.339. The lowest BCUT2D eigenvalue weighted by atomic mass is 10.0. The standard InChI is InChI=1S/C12H14ClN3O2/c1-7-2-3-8(13)9(6-7)15-11(17)12(4-5-12)10(14)16-18/h2-3,6,18H,4-5H2,1H3,(H2,14,16)(H,15,17). The molecule has 0 radical (unpaired) electrons. The van der Waals surface area contributed by atoms with Crippen LogP contribution in [-0.4, -0.2) is 17.0 Å². The van der Waals surface area contributed by atoms with Crippen LogP contribution in [0.5, 0.6) is 0 Å². The molecule has 1 aliphatic carbocycles. The summed E-state index contributed by atoms with van der Waals surface area (Å²) in [5.41, 5.74) is 6.20. The molecule has 1 saturated carbocycles. The summed E-state index contributed by atoms with van der Waals surface area (Å²) in [6.45, 7) is 1.91. The lowest BCUT2D eigenvalue weighted by molar-refractivity contribution is -0.119. The molecule has 96 valence electrons. The number of rotatable bonds is 3. The molecule has 1 aromatic rings. The molecule has 2 rings (SSSR count). The Balaban J connectivity index is 2.20. The number of carbonyl (C=O) groups excluding carboxylic acids is 1. The molecular formula is C12H14ClN3O2. The number of hydrogen-bond donors (Lipinski definition) is 3. The Morgan fingerprint density at radius 2 is 2.22 bits per heavy atom. The third kappa shape index (κ3) is 2.13. The van der Waals surface area contributed by atoms with Crippen molar-refractivity contribution in [3.05, 3.63) is 28.8 Å². The fourth-order valence-electron chi connectivity index (χ4n) is 1.80. The van der Waals surface area contributed by atoms with Gasteiger partial charge in [0.2, 0.25) is 5.91 Å². The van der Waals surface area contributed by atoms with Crippen molar-refractivity contribution in [1.82, 2.24) is 0 Å². The molecular weight excluding hydrogens is 254 g/mol. The van der Waals surface area contributed by atoms with Gasteiger partial charge in [0.1, 0.15) is 5.41 Å². The normalized spacial score (nSPS) is 17.3. The number of benzene rings is 1. The van der Waals surface area contributed by atoms with Crippen molar-refractivity contribution < 1.29 is 10.0 Å². The third-order valence-corrected chi connectivity index (χ3v) is 3.48. The van der Waals surface area contributed by atoms with E-state index in [0.717, 1.165) is 5.56 Å². The monoisotopic (exact) mass is 267 g/mol. The van der Waals surface area contributed by atoms with Gasteiger partial charge < -0.3 is 16.3 Å². The van der Waals surface area contributed by atoms with E-state index in [4.69, 9.17) is 22.5 Å². The van der Waals surface area contributed by atoms with Crippen LogP contribution >= 0.6 is 11.6 Å². The van der Waals surface area contributed by atoms with Crippen LogP contribution in [0.2, 0.25) is 5.02 Å². The Bertz CT molecular complexity index is 524. The number of nitrogens with two attached hydrogens (primary N) is 1. The van der Waals surface area contributed by atoms with E-state index in [-0.39, 0.29) is 11.7 Å². The second kappa shape index (κ2) is 4.49. The van der Waals surface area contributed by atoms with Crippen molar-refractivity contribution in [3.8, 4) is 0 Å². The topological polar surface area (TPSA) is 87.7 Å². The number of aryl methyl sites for hydroxylation is 1. The van der Waals surface area contributed by atoms with E-state index >= 15 is 0 Å². The first-order chi connectivity index (χ1) is 8.49. The summed E-state index contributed by atoms with van der Waals surface area (Å²) in [7, 11) is 0. The zero-order valence-corrected chi connectivity index (χ0v) is 10.7. The van der Waals surface area contributed by atoms with E-state index in [0.29, 0.717) is 23.6 Å². The van der Waals surface area contributed by atoms with Crippen molar-refractivity contribution >= 4 is 29.0 Å². The van der Waals surface area contributed by atoms with E-state index in [1.54, 1.807) is 12.1 Å². The van der Waals surface area contributed by atoms with Crippen LogP contribution in [0.4, 0.5) is 5.69 Å². The lowest BCUT2D eigenvalue weighted by Crippen LogP contribution is -2.36. The highest BCUT2D eigenvalue weighted by atomic mass is 35.5. The average Bonchev–Trinajstić information content (AvgIpc) is 3.14. The van der Waals surface area contributed by atoms with Gasteiger partial charge in [0, 0.05) is 0 Å². The smallest absolute Gasteiger partial charge is 0.238 e. The summed E-state index contributed by atoms with van der Waals surface area (Å²) >= 11 is 6.00. The van der Waals surface area contributed by atoms with Gasteiger partial charge in [-0.05, 0) is 37.5 Å². The minimum Gasteiger partial charge on any atom is -0.409 e. The van der Waals surface area contributed by atoms with Gasteiger partial charge in [-0.25, -0.2) is 0 Å². The largest absolute Gasteiger partial charge is 0.409 e. The van der Waals surface area contributed by atoms with Crippen LogP contribution in [0.1, 0.15) is 18.4 Å². The lowest BCUT2D eigenvalue weighted by Gasteiger charge is -2.14. The van der Waals surface area contributed by atoms with Crippen molar-refractivity contribution in [2.75, 3.05) is 5.32 Å². The highest BCUT2D eigenvalue weighted by molar-refractivity contribution is 6.34. The minimum absolute atomic E-state index is 0.0521. The Morgan fingerprint density at radius 1 is 1.56 bits per heavy atom. The Morgan fingerprint density at radius 3 is 2.78 bits per heavy atom. The number of oxime groups is 1. The van der Waals surface area contributed by atoms with E-state index < -0.39 is 5.41 Å². The van der Waals surface area contributed by atoms with E-state index in [2.05, 4.69) is 10.5 Å². The van der Waals surface area contributed by atoms with Crippen LogP contribution in [0.15, 0.2) is 23.4 Å². The first-order valence-electron chi connectivity index (χ1n) is 5.55. The summed E-state index contributed by atoms with van der Waals surface area (Å²) < 4.78 is 0. The predicted molar refractivity (Wildman–Crippen MR) is 69.9 cm³/mol. The molecule has 0 aromatic heterocycles. The summed E-state index contributed by atoms with van der Waals surface area (Å²) in [4.78, 5) is 12.1. The molecule has 1 fully saturated rings. The molecule has 0 saturated heterocycles. The number of hydrogen-bond acceptors (Lipinski definition) is 3. The summed E-state index contributed by atoms with van der Waals surface area (Å²) in [6, 6.07) is 5.35. The molecule has 0 bridgehead atoms. The van der Waals surface area contributed by atoms with Gasteiger partial charge in [0.25, 0.3) is 0 Å². The van der Waals surface area contributed by atoms with Gasteiger partial charge in [-0.15, -0.1) is 0 Å². The maximum Gasteiger partial charge on any atom is 0.238 e. The van der Waals surface area contributed by atoms with Crippen LogP contribution in [0, 0.1) is 12.3 Å². The molecule has 0 unspecified atom stereocenters. The van der Waals surface area contributed by atoms with Crippen LogP contribution in [0.3, 0.4) is 0 Å². The van der Waals surface area contributed by atoms with E-state index in [9.17, 15) is 4.79 Å².